The van der Waals surface area contributed by atoms with Crippen molar-refractivity contribution in [1.82, 2.24) is 9.55 Å². The molecular formula is C10H15ClN2O3. The van der Waals surface area contributed by atoms with Crippen LogP contribution in [0.1, 0.15) is 24.9 Å². The van der Waals surface area contributed by atoms with E-state index in [4.69, 9.17) is 16.3 Å². The summed E-state index contributed by atoms with van der Waals surface area (Å²) in [4.78, 5) is 25.9. The average Bonchev–Trinajstić information content (AvgIpc) is 2.23. The minimum absolute atomic E-state index is 0.102. The molecule has 0 radical (unpaired) electrons. The Hall–Kier alpha value is -1.07. The van der Waals surface area contributed by atoms with E-state index in [1.807, 2.05) is 0 Å². The van der Waals surface area contributed by atoms with Gasteiger partial charge >= 0.3 is 5.69 Å². The van der Waals surface area contributed by atoms with Crippen molar-refractivity contribution < 1.29 is 4.74 Å². The van der Waals surface area contributed by atoms with Gasteiger partial charge in [0.2, 0.25) is 0 Å². The molecule has 0 aliphatic rings. The molecule has 0 bridgehead atoms. The third-order valence-electron chi connectivity index (χ3n) is 2.48. The second-order valence-corrected chi connectivity index (χ2v) is 4.05. The minimum Gasteiger partial charge on any atom is -0.385 e. The fraction of sp³-hybridized carbons (Fsp3) is 0.600. The Balaban J connectivity index is 3.19. The molecule has 1 rings (SSSR count). The number of hydrogen-bond donors (Lipinski definition) is 1. The van der Waals surface area contributed by atoms with Gasteiger partial charge in [0.25, 0.3) is 5.56 Å². The van der Waals surface area contributed by atoms with Crippen LogP contribution in [0.5, 0.6) is 0 Å². The Kier molecular flexibility index (Phi) is 4.32. The van der Waals surface area contributed by atoms with E-state index in [2.05, 4.69) is 4.98 Å². The molecule has 1 atom stereocenters. The maximum atomic E-state index is 11.8. The van der Waals surface area contributed by atoms with E-state index in [1.165, 1.54) is 4.57 Å². The molecule has 5 nitrogen and oxygen atoms in total. The van der Waals surface area contributed by atoms with Crippen LogP contribution in [0, 0.1) is 6.92 Å². The maximum Gasteiger partial charge on any atom is 0.329 e. The Labute approximate surface area is 98.0 Å². The van der Waals surface area contributed by atoms with Gasteiger partial charge in [-0.15, -0.1) is 0 Å². The third kappa shape index (κ3) is 2.54. The zero-order valence-corrected chi connectivity index (χ0v) is 10.3. The lowest BCUT2D eigenvalue weighted by Gasteiger charge is -2.14. The molecule has 0 saturated heterocycles. The Morgan fingerprint density at radius 3 is 2.69 bits per heavy atom. The number of halogens is 1. The molecule has 90 valence electrons. The fourth-order valence-corrected chi connectivity index (χ4v) is 1.59. The normalized spacial score (nSPS) is 12.8. The molecule has 1 aromatic heterocycles. The Bertz CT molecular complexity index is 478. The number of aromatic amines is 1. The molecule has 0 spiro atoms. The quantitative estimate of drug-likeness (QED) is 0.809. The topological polar surface area (TPSA) is 64.1 Å². The first-order valence-electron chi connectivity index (χ1n) is 4.99. The first kappa shape index (κ1) is 13.0. The van der Waals surface area contributed by atoms with Gasteiger partial charge in [-0.1, -0.05) is 11.6 Å². The van der Waals surface area contributed by atoms with Crippen LogP contribution in [0.3, 0.4) is 0 Å². The number of H-pyrrole nitrogens is 1. The second kappa shape index (κ2) is 5.32. The van der Waals surface area contributed by atoms with Crippen LogP contribution in [0.4, 0.5) is 0 Å². The highest BCUT2D eigenvalue weighted by atomic mass is 35.5. The number of nitrogens with one attached hydrogen (secondary N) is 1. The lowest BCUT2D eigenvalue weighted by atomic mass is 10.2. The molecule has 6 heteroatoms. The lowest BCUT2D eigenvalue weighted by Crippen LogP contribution is -2.38. The summed E-state index contributed by atoms with van der Waals surface area (Å²) >= 11 is 5.71. The van der Waals surface area contributed by atoms with Crippen LogP contribution in [0.25, 0.3) is 0 Å². The van der Waals surface area contributed by atoms with E-state index in [-0.39, 0.29) is 16.8 Å². The van der Waals surface area contributed by atoms with E-state index >= 15 is 0 Å². The van der Waals surface area contributed by atoms with E-state index in [0.29, 0.717) is 18.6 Å². The Morgan fingerprint density at radius 1 is 1.50 bits per heavy atom. The number of rotatable bonds is 4. The standard InChI is InChI=1S/C10H15ClN2O3/c1-6(4-5-16-3)13-9(14)7(2)8(11)12-10(13)15/h6H,4-5H2,1-3H3,(H,12,15). The molecule has 0 fully saturated rings. The average molecular weight is 247 g/mol. The monoisotopic (exact) mass is 246 g/mol. The zero-order chi connectivity index (χ0) is 12.3. The highest BCUT2D eigenvalue weighted by Gasteiger charge is 2.13. The van der Waals surface area contributed by atoms with E-state index in [9.17, 15) is 9.59 Å². The summed E-state index contributed by atoms with van der Waals surface area (Å²) in [5.74, 6) is 0. The summed E-state index contributed by atoms with van der Waals surface area (Å²) in [6.45, 7) is 3.87. The molecule has 0 aliphatic carbocycles. The number of nitrogens with zero attached hydrogens (tertiary/aromatic N) is 1. The van der Waals surface area contributed by atoms with Gasteiger partial charge < -0.3 is 4.74 Å². The molecule has 0 aliphatic heterocycles. The molecular weight excluding hydrogens is 232 g/mol. The van der Waals surface area contributed by atoms with Crippen molar-refractivity contribution in [1.29, 1.82) is 0 Å². The van der Waals surface area contributed by atoms with Crippen molar-refractivity contribution in [2.75, 3.05) is 13.7 Å². The van der Waals surface area contributed by atoms with Crippen LogP contribution in [0.2, 0.25) is 5.15 Å². The van der Waals surface area contributed by atoms with Crippen LogP contribution < -0.4 is 11.2 Å². The third-order valence-corrected chi connectivity index (χ3v) is 2.86. The van der Waals surface area contributed by atoms with Gasteiger partial charge in [-0.3, -0.25) is 14.3 Å². The predicted molar refractivity (Wildman–Crippen MR) is 62.3 cm³/mol. The lowest BCUT2D eigenvalue weighted by molar-refractivity contribution is 0.179. The first-order chi connectivity index (χ1) is 7.49. The summed E-state index contributed by atoms with van der Waals surface area (Å²) in [5.41, 5.74) is -0.480. The predicted octanol–water partition coefficient (Wildman–Crippen LogP) is 1.10. The van der Waals surface area contributed by atoms with Gasteiger partial charge in [0.1, 0.15) is 5.15 Å². The number of ether oxygens (including phenoxy) is 1. The van der Waals surface area contributed by atoms with Crippen molar-refractivity contribution in [2.24, 2.45) is 0 Å². The summed E-state index contributed by atoms with van der Waals surface area (Å²) < 4.78 is 6.08. The molecule has 1 unspecified atom stereocenters. The zero-order valence-electron chi connectivity index (χ0n) is 9.54. The van der Waals surface area contributed by atoms with Crippen LogP contribution in [-0.4, -0.2) is 23.3 Å². The highest BCUT2D eigenvalue weighted by molar-refractivity contribution is 6.30. The van der Waals surface area contributed by atoms with Gasteiger partial charge in [0, 0.05) is 25.3 Å². The maximum absolute atomic E-state index is 11.8. The summed E-state index contributed by atoms with van der Waals surface area (Å²) in [7, 11) is 1.58. The van der Waals surface area contributed by atoms with E-state index < -0.39 is 5.69 Å². The first-order valence-corrected chi connectivity index (χ1v) is 5.36. The molecule has 1 aromatic rings. The van der Waals surface area contributed by atoms with Crippen molar-refractivity contribution in [3.63, 3.8) is 0 Å². The summed E-state index contributed by atoms with van der Waals surface area (Å²) in [5, 5.41) is 0.102. The SMILES string of the molecule is COCCC(C)n1c(=O)[nH]c(Cl)c(C)c1=O. The van der Waals surface area contributed by atoms with Gasteiger partial charge in [0.15, 0.2) is 0 Å². The van der Waals surface area contributed by atoms with Crippen molar-refractivity contribution in [3.8, 4) is 0 Å². The van der Waals surface area contributed by atoms with Gasteiger partial charge in [-0.2, -0.15) is 0 Å². The van der Waals surface area contributed by atoms with Crippen LogP contribution in [0.15, 0.2) is 9.59 Å². The second-order valence-electron chi connectivity index (χ2n) is 3.67. The van der Waals surface area contributed by atoms with Crippen molar-refractivity contribution in [2.45, 2.75) is 26.3 Å². The van der Waals surface area contributed by atoms with E-state index in [1.54, 1.807) is 21.0 Å². The number of aromatic nitrogens is 2. The van der Waals surface area contributed by atoms with Gasteiger partial charge in [-0.05, 0) is 20.3 Å². The minimum atomic E-state index is -0.482. The van der Waals surface area contributed by atoms with Crippen molar-refractivity contribution in [3.05, 3.63) is 31.6 Å². The molecule has 16 heavy (non-hydrogen) atoms. The number of hydrogen-bond acceptors (Lipinski definition) is 3. The largest absolute Gasteiger partial charge is 0.385 e. The smallest absolute Gasteiger partial charge is 0.329 e. The van der Waals surface area contributed by atoms with Crippen LogP contribution in [-0.2, 0) is 4.74 Å². The molecule has 0 aromatic carbocycles. The summed E-state index contributed by atoms with van der Waals surface area (Å²) in [6, 6.07) is -0.216. The highest BCUT2D eigenvalue weighted by Crippen LogP contribution is 2.08. The number of methoxy groups -OCH3 is 1. The molecule has 0 amide bonds. The molecule has 1 heterocycles. The van der Waals surface area contributed by atoms with Gasteiger partial charge in [0.05, 0.1) is 0 Å². The summed E-state index contributed by atoms with van der Waals surface area (Å²) in [6.07, 6.45) is 0.598. The molecule has 0 saturated carbocycles. The van der Waals surface area contributed by atoms with Crippen molar-refractivity contribution >= 4 is 11.6 Å². The fourth-order valence-electron chi connectivity index (χ4n) is 1.43. The Morgan fingerprint density at radius 2 is 2.12 bits per heavy atom. The molecule has 1 N–H and O–H groups in total. The van der Waals surface area contributed by atoms with E-state index in [0.717, 1.165) is 0 Å². The van der Waals surface area contributed by atoms with Gasteiger partial charge in [-0.25, -0.2) is 4.79 Å². The van der Waals surface area contributed by atoms with Crippen LogP contribution >= 0.6 is 11.6 Å².